The SMILES string of the molecule is CCCCCCCCCCCCCCNc1nc(NCCC)nc(N(C)C)n1. The smallest absolute Gasteiger partial charge is 0.231 e. The minimum atomic E-state index is 0.651. The number of hydrogen-bond acceptors (Lipinski definition) is 6. The predicted molar refractivity (Wildman–Crippen MR) is 123 cm³/mol. The summed E-state index contributed by atoms with van der Waals surface area (Å²) < 4.78 is 0. The summed E-state index contributed by atoms with van der Waals surface area (Å²) in [5, 5.41) is 6.61. The largest absolute Gasteiger partial charge is 0.354 e. The van der Waals surface area contributed by atoms with Crippen LogP contribution in [0.4, 0.5) is 17.8 Å². The Labute approximate surface area is 173 Å². The monoisotopic (exact) mass is 392 g/mol. The van der Waals surface area contributed by atoms with Gasteiger partial charge in [-0.15, -0.1) is 0 Å². The van der Waals surface area contributed by atoms with Crippen LogP contribution >= 0.6 is 0 Å². The molecule has 0 saturated carbocycles. The molecule has 0 spiro atoms. The van der Waals surface area contributed by atoms with Gasteiger partial charge in [0.05, 0.1) is 0 Å². The second-order valence-corrected chi connectivity index (χ2v) is 7.92. The molecule has 1 heterocycles. The van der Waals surface area contributed by atoms with Crippen molar-refractivity contribution in [2.45, 2.75) is 97.3 Å². The zero-order valence-corrected chi connectivity index (χ0v) is 18.9. The van der Waals surface area contributed by atoms with Crippen LogP contribution in [-0.4, -0.2) is 42.1 Å². The molecule has 0 bridgehead atoms. The van der Waals surface area contributed by atoms with Crippen LogP contribution in [0.15, 0.2) is 0 Å². The maximum Gasteiger partial charge on any atom is 0.231 e. The molecule has 0 fully saturated rings. The van der Waals surface area contributed by atoms with E-state index in [1.807, 2.05) is 19.0 Å². The molecule has 0 aliphatic carbocycles. The first kappa shape index (κ1) is 24.4. The summed E-state index contributed by atoms with van der Waals surface area (Å²) in [5.74, 6) is 2.00. The molecule has 1 rings (SSSR count). The number of aromatic nitrogens is 3. The van der Waals surface area contributed by atoms with Crippen LogP contribution in [0.5, 0.6) is 0 Å². The Kier molecular flexibility index (Phi) is 14.3. The lowest BCUT2D eigenvalue weighted by molar-refractivity contribution is 0.546. The van der Waals surface area contributed by atoms with Crippen LogP contribution in [-0.2, 0) is 0 Å². The number of anilines is 3. The Hall–Kier alpha value is -1.59. The van der Waals surface area contributed by atoms with Gasteiger partial charge >= 0.3 is 0 Å². The van der Waals surface area contributed by atoms with Crippen LogP contribution < -0.4 is 15.5 Å². The van der Waals surface area contributed by atoms with Gasteiger partial charge in [0, 0.05) is 27.2 Å². The third-order valence-corrected chi connectivity index (χ3v) is 4.87. The molecule has 1 aromatic rings. The summed E-state index contributed by atoms with van der Waals surface area (Å²) in [7, 11) is 3.90. The molecular formula is C22H44N6. The number of rotatable bonds is 18. The molecular weight excluding hydrogens is 348 g/mol. The van der Waals surface area contributed by atoms with E-state index in [0.717, 1.165) is 25.9 Å². The molecule has 0 aliphatic rings. The Morgan fingerprint density at radius 3 is 1.50 bits per heavy atom. The fourth-order valence-electron chi connectivity index (χ4n) is 3.13. The van der Waals surface area contributed by atoms with Crippen LogP contribution in [0.25, 0.3) is 0 Å². The van der Waals surface area contributed by atoms with Gasteiger partial charge < -0.3 is 15.5 Å². The summed E-state index contributed by atoms with van der Waals surface area (Å²) in [6, 6.07) is 0. The van der Waals surface area contributed by atoms with Crippen molar-refractivity contribution in [3.63, 3.8) is 0 Å². The first-order chi connectivity index (χ1) is 13.7. The van der Waals surface area contributed by atoms with Crippen molar-refractivity contribution in [2.24, 2.45) is 0 Å². The van der Waals surface area contributed by atoms with Crippen LogP contribution in [0.2, 0.25) is 0 Å². The van der Waals surface area contributed by atoms with Crippen molar-refractivity contribution in [2.75, 3.05) is 42.7 Å². The summed E-state index contributed by atoms with van der Waals surface area (Å²) in [5.41, 5.74) is 0. The van der Waals surface area contributed by atoms with Crippen LogP contribution in [0.3, 0.4) is 0 Å². The van der Waals surface area contributed by atoms with E-state index in [0.29, 0.717) is 17.8 Å². The van der Waals surface area contributed by atoms with E-state index in [-0.39, 0.29) is 0 Å². The normalized spacial score (nSPS) is 10.9. The molecule has 0 aliphatic heterocycles. The molecule has 28 heavy (non-hydrogen) atoms. The Bertz CT molecular complexity index is 492. The molecule has 6 nitrogen and oxygen atoms in total. The van der Waals surface area contributed by atoms with Crippen molar-refractivity contribution in [1.82, 2.24) is 15.0 Å². The summed E-state index contributed by atoms with van der Waals surface area (Å²) in [6.07, 6.45) is 17.5. The number of nitrogens with zero attached hydrogens (tertiary/aromatic N) is 4. The molecule has 0 saturated heterocycles. The van der Waals surface area contributed by atoms with Gasteiger partial charge in [0.15, 0.2) is 0 Å². The van der Waals surface area contributed by atoms with E-state index in [9.17, 15) is 0 Å². The quantitative estimate of drug-likeness (QED) is 0.304. The summed E-state index contributed by atoms with van der Waals surface area (Å²) in [6.45, 7) is 6.20. The minimum Gasteiger partial charge on any atom is -0.354 e. The minimum absolute atomic E-state index is 0.651. The highest BCUT2D eigenvalue weighted by Crippen LogP contribution is 2.13. The summed E-state index contributed by atoms with van der Waals surface area (Å²) in [4.78, 5) is 15.3. The van der Waals surface area contributed by atoms with Crippen LogP contribution in [0.1, 0.15) is 97.3 Å². The average Bonchev–Trinajstić information content (AvgIpc) is 2.69. The Morgan fingerprint density at radius 2 is 1.04 bits per heavy atom. The molecule has 0 radical (unpaired) electrons. The predicted octanol–water partition coefficient (Wildman–Crippen LogP) is 5.87. The third-order valence-electron chi connectivity index (χ3n) is 4.87. The molecule has 0 aromatic carbocycles. The topological polar surface area (TPSA) is 66.0 Å². The van der Waals surface area contributed by atoms with Gasteiger partial charge in [-0.25, -0.2) is 0 Å². The first-order valence-electron chi connectivity index (χ1n) is 11.6. The van der Waals surface area contributed by atoms with E-state index in [4.69, 9.17) is 0 Å². The fourth-order valence-corrected chi connectivity index (χ4v) is 3.13. The highest BCUT2D eigenvalue weighted by atomic mass is 15.3. The maximum atomic E-state index is 4.49. The second-order valence-electron chi connectivity index (χ2n) is 7.92. The van der Waals surface area contributed by atoms with E-state index in [2.05, 4.69) is 39.4 Å². The van der Waals surface area contributed by atoms with E-state index >= 15 is 0 Å². The van der Waals surface area contributed by atoms with E-state index < -0.39 is 0 Å². The van der Waals surface area contributed by atoms with Gasteiger partial charge in [-0.2, -0.15) is 15.0 Å². The van der Waals surface area contributed by atoms with Gasteiger partial charge in [-0.3, -0.25) is 0 Å². The lowest BCUT2D eigenvalue weighted by Gasteiger charge is -2.14. The van der Waals surface area contributed by atoms with Gasteiger partial charge in [-0.1, -0.05) is 84.5 Å². The molecule has 0 amide bonds. The molecule has 0 unspecified atom stereocenters. The number of nitrogens with one attached hydrogen (secondary N) is 2. The number of hydrogen-bond donors (Lipinski definition) is 2. The van der Waals surface area contributed by atoms with E-state index in [1.54, 1.807) is 0 Å². The van der Waals surface area contributed by atoms with Crippen molar-refractivity contribution < 1.29 is 0 Å². The lowest BCUT2D eigenvalue weighted by Crippen LogP contribution is -2.17. The summed E-state index contributed by atoms with van der Waals surface area (Å²) >= 11 is 0. The maximum absolute atomic E-state index is 4.49. The highest BCUT2D eigenvalue weighted by molar-refractivity contribution is 5.42. The van der Waals surface area contributed by atoms with Crippen molar-refractivity contribution in [3.05, 3.63) is 0 Å². The van der Waals surface area contributed by atoms with E-state index in [1.165, 1.54) is 70.6 Å². The average molecular weight is 393 g/mol. The van der Waals surface area contributed by atoms with Crippen molar-refractivity contribution in [3.8, 4) is 0 Å². The second kappa shape index (κ2) is 16.4. The van der Waals surface area contributed by atoms with Crippen molar-refractivity contribution >= 4 is 17.8 Å². The fraction of sp³-hybridized carbons (Fsp3) is 0.864. The molecule has 6 heteroatoms. The lowest BCUT2D eigenvalue weighted by atomic mass is 10.1. The zero-order valence-electron chi connectivity index (χ0n) is 18.9. The Balaban J connectivity index is 2.11. The zero-order chi connectivity index (χ0) is 20.5. The molecule has 0 atom stereocenters. The first-order valence-corrected chi connectivity index (χ1v) is 11.6. The number of unbranched alkanes of at least 4 members (excludes halogenated alkanes) is 11. The van der Waals surface area contributed by atoms with Gasteiger partial charge in [0.1, 0.15) is 0 Å². The van der Waals surface area contributed by atoms with Gasteiger partial charge in [-0.05, 0) is 12.8 Å². The van der Waals surface area contributed by atoms with Crippen molar-refractivity contribution in [1.29, 1.82) is 0 Å². The van der Waals surface area contributed by atoms with Crippen LogP contribution in [0, 0.1) is 0 Å². The standard InChI is InChI=1S/C22H44N6/c1-5-7-8-9-10-11-12-13-14-15-16-17-19-24-21-25-20(23-18-6-2)26-22(27-21)28(3)4/h5-19H2,1-4H3,(H2,23,24,25,26,27). The molecule has 2 N–H and O–H groups in total. The van der Waals surface area contributed by atoms with Gasteiger partial charge in [0.2, 0.25) is 17.8 Å². The molecule has 162 valence electrons. The van der Waals surface area contributed by atoms with Gasteiger partial charge in [0.25, 0.3) is 0 Å². The molecule has 1 aromatic heterocycles. The highest BCUT2D eigenvalue weighted by Gasteiger charge is 2.07. The Morgan fingerprint density at radius 1 is 0.571 bits per heavy atom. The third kappa shape index (κ3) is 12.0.